The van der Waals surface area contributed by atoms with Crippen molar-refractivity contribution in [2.75, 3.05) is 6.61 Å². The fourth-order valence-corrected chi connectivity index (χ4v) is 3.28. The maximum atomic E-state index is 12.2. The summed E-state index contributed by atoms with van der Waals surface area (Å²) in [4.78, 5) is 27.4. The minimum absolute atomic E-state index is 0.0197. The van der Waals surface area contributed by atoms with Gasteiger partial charge in [-0.05, 0) is 51.5 Å². The van der Waals surface area contributed by atoms with Crippen molar-refractivity contribution in [3.05, 3.63) is 35.3 Å². The quantitative estimate of drug-likeness (QED) is 0.699. The second kappa shape index (κ2) is 8.80. The van der Waals surface area contributed by atoms with Crippen molar-refractivity contribution in [2.24, 2.45) is 0 Å². The molecule has 2 rings (SSSR count). The summed E-state index contributed by atoms with van der Waals surface area (Å²) >= 11 is 1.49. The van der Waals surface area contributed by atoms with E-state index in [9.17, 15) is 9.59 Å². The van der Waals surface area contributed by atoms with Crippen LogP contribution in [-0.4, -0.2) is 34.1 Å². The number of carboxylic acid groups (broad SMARTS) is 1. The van der Waals surface area contributed by atoms with Gasteiger partial charge in [-0.1, -0.05) is 0 Å². The number of thiazole rings is 1. The van der Waals surface area contributed by atoms with E-state index in [-0.39, 0.29) is 18.7 Å². The van der Waals surface area contributed by atoms with Gasteiger partial charge >= 0.3 is 5.97 Å². The number of amides is 1. The lowest BCUT2D eigenvalue weighted by molar-refractivity contribution is -0.137. The summed E-state index contributed by atoms with van der Waals surface area (Å²) in [6.45, 7) is 6.20. The van der Waals surface area contributed by atoms with Crippen LogP contribution in [0.25, 0.3) is 10.6 Å². The molecule has 140 valence electrons. The first-order chi connectivity index (χ1) is 12.3. The van der Waals surface area contributed by atoms with E-state index >= 15 is 0 Å². The number of benzene rings is 1. The van der Waals surface area contributed by atoms with E-state index in [1.54, 1.807) is 0 Å². The van der Waals surface area contributed by atoms with Crippen LogP contribution < -0.4 is 10.1 Å². The predicted octanol–water partition coefficient (Wildman–Crippen LogP) is 3.51. The molecule has 0 atom stereocenters. The van der Waals surface area contributed by atoms with Crippen molar-refractivity contribution < 1.29 is 19.4 Å². The molecule has 0 unspecified atom stereocenters. The Kier molecular flexibility index (Phi) is 6.74. The highest BCUT2D eigenvalue weighted by Crippen LogP contribution is 2.26. The monoisotopic (exact) mass is 376 g/mol. The van der Waals surface area contributed by atoms with Gasteiger partial charge in [-0.3, -0.25) is 9.59 Å². The lowest BCUT2D eigenvalue weighted by atomic mass is 9.98. The largest absolute Gasteiger partial charge is 0.494 e. The number of rotatable bonds is 9. The van der Waals surface area contributed by atoms with Crippen molar-refractivity contribution in [2.45, 2.75) is 45.6 Å². The molecule has 0 fully saturated rings. The van der Waals surface area contributed by atoms with Gasteiger partial charge in [-0.25, -0.2) is 4.98 Å². The molecule has 2 aromatic rings. The van der Waals surface area contributed by atoms with Crippen molar-refractivity contribution in [1.82, 2.24) is 10.3 Å². The lowest BCUT2D eigenvalue weighted by Crippen LogP contribution is -2.44. The van der Waals surface area contributed by atoms with Crippen LogP contribution in [-0.2, 0) is 16.0 Å². The predicted molar refractivity (Wildman–Crippen MR) is 102 cm³/mol. The highest BCUT2D eigenvalue weighted by Gasteiger charge is 2.22. The van der Waals surface area contributed by atoms with E-state index in [1.165, 1.54) is 11.3 Å². The summed E-state index contributed by atoms with van der Waals surface area (Å²) in [5, 5.41) is 14.4. The molecule has 1 aromatic heterocycles. The number of hydrogen-bond donors (Lipinski definition) is 2. The fraction of sp³-hybridized carbons (Fsp3) is 0.421. The van der Waals surface area contributed by atoms with E-state index in [0.29, 0.717) is 18.7 Å². The molecule has 26 heavy (non-hydrogen) atoms. The Morgan fingerprint density at radius 2 is 1.96 bits per heavy atom. The average molecular weight is 376 g/mol. The molecule has 2 N–H and O–H groups in total. The average Bonchev–Trinajstić information content (AvgIpc) is 3.02. The highest BCUT2D eigenvalue weighted by atomic mass is 32.1. The topological polar surface area (TPSA) is 88.5 Å². The van der Waals surface area contributed by atoms with Gasteiger partial charge in [-0.2, -0.15) is 0 Å². The van der Waals surface area contributed by atoms with Gasteiger partial charge in [0.15, 0.2) is 0 Å². The molecule has 1 heterocycles. The van der Waals surface area contributed by atoms with E-state index in [1.807, 2.05) is 50.4 Å². The zero-order chi connectivity index (χ0) is 19.2. The molecule has 0 saturated carbocycles. The van der Waals surface area contributed by atoms with Gasteiger partial charge in [0, 0.05) is 22.9 Å². The number of aliphatic carboxylic acids is 1. The van der Waals surface area contributed by atoms with Crippen LogP contribution >= 0.6 is 11.3 Å². The molecule has 0 spiro atoms. The normalized spacial score (nSPS) is 11.2. The van der Waals surface area contributed by atoms with Gasteiger partial charge in [0.25, 0.3) is 0 Å². The molecule has 1 amide bonds. The molecule has 0 saturated heterocycles. The van der Waals surface area contributed by atoms with Crippen molar-refractivity contribution in [1.29, 1.82) is 0 Å². The molecule has 7 heteroatoms. The summed E-state index contributed by atoms with van der Waals surface area (Å²) in [5.41, 5.74) is 1.11. The Balaban J connectivity index is 1.94. The second-order valence-electron chi connectivity index (χ2n) is 6.60. The summed E-state index contributed by atoms with van der Waals surface area (Å²) in [7, 11) is 0. The van der Waals surface area contributed by atoms with Crippen LogP contribution in [0.4, 0.5) is 0 Å². The van der Waals surface area contributed by atoms with Crippen LogP contribution in [0, 0.1) is 0 Å². The summed E-state index contributed by atoms with van der Waals surface area (Å²) in [6.07, 6.45) is 0.568. The number of carboxylic acids is 1. The minimum Gasteiger partial charge on any atom is -0.494 e. The molecular formula is C19H24N2O4S. The number of carbonyl (C=O) groups is 2. The smallest absolute Gasteiger partial charge is 0.303 e. The van der Waals surface area contributed by atoms with Crippen LogP contribution in [0.3, 0.4) is 0 Å². The maximum absolute atomic E-state index is 12.2. The molecular weight excluding hydrogens is 352 g/mol. The molecule has 0 radical (unpaired) electrons. The fourth-order valence-electron chi connectivity index (χ4n) is 2.45. The Bertz CT molecular complexity index is 753. The third-order valence-corrected chi connectivity index (χ3v) is 4.69. The molecule has 6 nitrogen and oxygen atoms in total. The third kappa shape index (κ3) is 6.15. The Hall–Kier alpha value is -2.41. The van der Waals surface area contributed by atoms with Crippen molar-refractivity contribution >= 4 is 23.2 Å². The number of ether oxygens (including phenoxy) is 1. The summed E-state index contributed by atoms with van der Waals surface area (Å²) in [5.74, 6) is -0.216. The van der Waals surface area contributed by atoms with Crippen LogP contribution in [0.1, 0.15) is 39.3 Å². The number of aromatic nitrogens is 1. The molecule has 0 bridgehead atoms. The van der Waals surface area contributed by atoms with Gasteiger partial charge in [0.1, 0.15) is 10.8 Å². The van der Waals surface area contributed by atoms with E-state index in [4.69, 9.17) is 9.84 Å². The number of hydrogen-bond acceptors (Lipinski definition) is 5. The van der Waals surface area contributed by atoms with Crippen LogP contribution in [0.2, 0.25) is 0 Å². The van der Waals surface area contributed by atoms with Crippen molar-refractivity contribution in [3.8, 4) is 16.3 Å². The summed E-state index contributed by atoms with van der Waals surface area (Å²) < 4.78 is 5.43. The Labute approximate surface area is 157 Å². The van der Waals surface area contributed by atoms with Gasteiger partial charge in [0.2, 0.25) is 5.91 Å². The van der Waals surface area contributed by atoms with Crippen LogP contribution in [0.5, 0.6) is 5.75 Å². The van der Waals surface area contributed by atoms with Gasteiger partial charge in [-0.15, -0.1) is 11.3 Å². The SMILES string of the molecule is CCOc1ccc(-c2nc(CC(=O)NC(C)(C)CCC(=O)O)cs2)cc1. The molecule has 0 aliphatic carbocycles. The zero-order valence-corrected chi connectivity index (χ0v) is 16.1. The second-order valence-corrected chi connectivity index (χ2v) is 7.46. The summed E-state index contributed by atoms with van der Waals surface area (Å²) in [6, 6.07) is 7.69. The number of nitrogens with zero attached hydrogens (tertiary/aromatic N) is 1. The minimum atomic E-state index is -0.869. The zero-order valence-electron chi connectivity index (χ0n) is 15.2. The molecule has 0 aliphatic rings. The third-order valence-electron chi connectivity index (χ3n) is 3.75. The van der Waals surface area contributed by atoms with Gasteiger partial charge < -0.3 is 15.2 Å². The first-order valence-electron chi connectivity index (χ1n) is 8.49. The van der Waals surface area contributed by atoms with E-state index < -0.39 is 11.5 Å². The highest BCUT2D eigenvalue weighted by molar-refractivity contribution is 7.13. The van der Waals surface area contributed by atoms with E-state index in [0.717, 1.165) is 16.3 Å². The molecule has 1 aromatic carbocycles. The van der Waals surface area contributed by atoms with Crippen molar-refractivity contribution in [3.63, 3.8) is 0 Å². The number of carbonyl (C=O) groups excluding carboxylic acids is 1. The van der Waals surface area contributed by atoms with E-state index in [2.05, 4.69) is 10.3 Å². The van der Waals surface area contributed by atoms with Gasteiger partial charge in [0.05, 0.1) is 18.7 Å². The Morgan fingerprint density at radius 3 is 2.58 bits per heavy atom. The molecule has 0 aliphatic heterocycles. The maximum Gasteiger partial charge on any atom is 0.303 e. The lowest BCUT2D eigenvalue weighted by Gasteiger charge is -2.25. The number of nitrogens with one attached hydrogen (secondary N) is 1. The standard InChI is InChI=1S/C19H24N2O4S/c1-4-25-15-7-5-13(6-8-15)18-20-14(12-26-18)11-16(22)21-19(2,3)10-9-17(23)24/h5-8,12H,4,9-11H2,1-3H3,(H,21,22)(H,23,24). The van der Waals surface area contributed by atoms with Crippen LogP contribution in [0.15, 0.2) is 29.6 Å². The first-order valence-corrected chi connectivity index (χ1v) is 9.37. The Morgan fingerprint density at radius 1 is 1.27 bits per heavy atom. The first kappa shape index (κ1) is 19.9.